The molecule has 0 radical (unpaired) electrons. The molecule has 0 amide bonds. The molecule has 2 nitrogen and oxygen atoms in total. The molecule has 2 aromatic heterocycles. The van der Waals surface area contributed by atoms with Crippen LogP contribution in [0.4, 0.5) is 0 Å². The number of thioether (sulfide) groups is 1. The number of aryl methyl sites for hydroxylation is 1. The number of aromatic nitrogens is 2. The molecule has 0 fully saturated rings. The molecule has 104 valence electrons. The summed E-state index contributed by atoms with van der Waals surface area (Å²) in [5.41, 5.74) is 4.95. The van der Waals surface area contributed by atoms with E-state index < -0.39 is 0 Å². The standard InChI is InChI=1S/C17H14N2S2/c1-11-13(12-6-2-3-7-14(12)18-11)10-20-17-19-15-8-4-5-9-16(15)21-17/h2-9,18H,10H2,1H3. The van der Waals surface area contributed by atoms with Gasteiger partial charge in [-0.15, -0.1) is 11.3 Å². The van der Waals surface area contributed by atoms with Gasteiger partial charge in [-0.1, -0.05) is 42.1 Å². The number of H-pyrrole nitrogens is 1. The SMILES string of the molecule is Cc1[nH]c2ccccc2c1CSc1nc2ccccc2s1. The molecule has 4 aromatic rings. The lowest BCUT2D eigenvalue weighted by Gasteiger charge is -1.99. The van der Waals surface area contributed by atoms with Crippen LogP contribution in [0.3, 0.4) is 0 Å². The Hall–Kier alpha value is -1.78. The normalized spacial score (nSPS) is 11.5. The number of benzene rings is 2. The van der Waals surface area contributed by atoms with Crippen LogP contribution in [0.5, 0.6) is 0 Å². The van der Waals surface area contributed by atoms with E-state index in [0.717, 1.165) is 15.6 Å². The van der Waals surface area contributed by atoms with Crippen molar-refractivity contribution in [2.45, 2.75) is 17.0 Å². The summed E-state index contributed by atoms with van der Waals surface area (Å²) in [6.07, 6.45) is 0. The highest BCUT2D eigenvalue weighted by atomic mass is 32.2. The minimum atomic E-state index is 0.954. The molecule has 0 bridgehead atoms. The monoisotopic (exact) mass is 310 g/mol. The zero-order valence-electron chi connectivity index (χ0n) is 11.6. The average Bonchev–Trinajstić information content (AvgIpc) is 3.04. The van der Waals surface area contributed by atoms with Gasteiger partial charge in [-0.3, -0.25) is 0 Å². The second-order valence-electron chi connectivity index (χ2n) is 5.01. The Morgan fingerprint density at radius 3 is 2.81 bits per heavy atom. The molecule has 0 saturated heterocycles. The van der Waals surface area contributed by atoms with Gasteiger partial charge in [0.05, 0.1) is 10.2 Å². The van der Waals surface area contributed by atoms with Crippen LogP contribution in [-0.2, 0) is 5.75 Å². The summed E-state index contributed by atoms with van der Waals surface area (Å²) in [5, 5.41) is 1.32. The van der Waals surface area contributed by atoms with Crippen LogP contribution in [0, 0.1) is 6.92 Å². The average molecular weight is 310 g/mol. The number of aromatic amines is 1. The van der Waals surface area contributed by atoms with Gasteiger partial charge >= 0.3 is 0 Å². The molecule has 21 heavy (non-hydrogen) atoms. The molecule has 2 heterocycles. The zero-order chi connectivity index (χ0) is 14.2. The van der Waals surface area contributed by atoms with Crippen molar-refractivity contribution in [1.29, 1.82) is 0 Å². The van der Waals surface area contributed by atoms with Gasteiger partial charge in [-0.2, -0.15) is 0 Å². The third-order valence-electron chi connectivity index (χ3n) is 3.64. The second kappa shape index (κ2) is 5.20. The molecule has 0 unspecified atom stereocenters. The minimum Gasteiger partial charge on any atom is -0.358 e. The molecule has 2 aromatic carbocycles. The molecular formula is C17H14N2S2. The first kappa shape index (κ1) is 12.9. The quantitative estimate of drug-likeness (QED) is 0.515. The van der Waals surface area contributed by atoms with E-state index in [2.05, 4.69) is 54.4 Å². The summed E-state index contributed by atoms with van der Waals surface area (Å²) >= 11 is 3.59. The summed E-state index contributed by atoms with van der Waals surface area (Å²) in [4.78, 5) is 8.15. The van der Waals surface area contributed by atoms with Crippen LogP contribution in [0.2, 0.25) is 0 Å². The number of thiazole rings is 1. The highest BCUT2D eigenvalue weighted by Gasteiger charge is 2.10. The molecule has 1 N–H and O–H groups in total. The summed E-state index contributed by atoms with van der Waals surface area (Å²) in [6, 6.07) is 16.8. The Morgan fingerprint density at radius 2 is 1.90 bits per heavy atom. The number of rotatable bonds is 3. The van der Waals surface area contributed by atoms with Gasteiger partial charge in [0, 0.05) is 22.3 Å². The Morgan fingerprint density at radius 1 is 1.10 bits per heavy atom. The molecular weight excluding hydrogens is 296 g/mol. The number of fused-ring (bicyclic) bond motifs is 2. The molecule has 0 aliphatic heterocycles. The van der Waals surface area contributed by atoms with Crippen molar-refractivity contribution in [2.24, 2.45) is 0 Å². The zero-order valence-corrected chi connectivity index (χ0v) is 13.2. The number of nitrogens with zero attached hydrogens (tertiary/aromatic N) is 1. The van der Waals surface area contributed by atoms with Crippen LogP contribution >= 0.6 is 23.1 Å². The Bertz CT molecular complexity index is 888. The Labute approximate surface area is 131 Å². The van der Waals surface area contributed by atoms with Crippen LogP contribution in [0.15, 0.2) is 52.9 Å². The van der Waals surface area contributed by atoms with Gasteiger partial charge < -0.3 is 4.98 Å². The first-order valence-corrected chi connectivity index (χ1v) is 8.66. The van der Waals surface area contributed by atoms with E-state index in [9.17, 15) is 0 Å². The fourth-order valence-electron chi connectivity index (χ4n) is 2.57. The highest BCUT2D eigenvalue weighted by molar-refractivity contribution is 8.00. The Balaban J connectivity index is 1.64. The number of nitrogens with one attached hydrogen (secondary N) is 1. The first-order valence-electron chi connectivity index (χ1n) is 6.86. The van der Waals surface area contributed by atoms with E-state index in [4.69, 9.17) is 4.98 Å². The van der Waals surface area contributed by atoms with Crippen molar-refractivity contribution in [3.05, 3.63) is 59.8 Å². The predicted molar refractivity (Wildman–Crippen MR) is 92.2 cm³/mol. The molecule has 0 aliphatic rings. The fraction of sp³-hybridized carbons (Fsp3) is 0.118. The lowest BCUT2D eigenvalue weighted by Crippen LogP contribution is -1.82. The molecule has 4 rings (SSSR count). The van der Waals surface area contributed by atoms with Crippen molar-refractivity contribution >= 4 is 44.2 Å². The molecule has 0 atom stereocenters. The Kier molecular flexibility index (Phi) is 3.20. The summed E-state index contributed by atoms with van der Waals surface area (Å²) < 4.78 is 2.40. The molecule has 0 spiro atoms. The lowest BCUT2D eigenvalue weighted by molar-refractivity contribution is 1.23. The summed E-state index contributed by atoms with van der Waals surface area (Å²) in [7, 11) is 0. The van der Waals surface area contributed by atoms with Crippen molar-refractivity contribution in [3.63, 3.8) is 0 Å². The maximum Gasteiger partial charge on any atom is 0.151 e. The van der Waals surface area contributed by atoms with Crippen LogP contribution in [0.25, 0.3) is 21.1 Å². The van der Waals surface area contributed by atoms with Gasteiger partial charge in [0.1, 0.15) is 0 Å². The van der Waals surface area contributed by atoms with Gasteiger partial charge in [0.2, 0.25) is 0 Å². The molecule has 0 aliphatic carbocycles. The van der Waals surface area contributed by atoms with E-state index >= 15 is 0 Å². The lowest BCUT2D eigenvalue weighted by atomic mass is 10.1. The first-order chi connectivity index (χ1) is 10.3. The number of hydrogen-bond acceptors (Lipinski definition) is 3. The van der Waals surface area contributed by atoms with E-state index in [1.54, 1.807) is 11.3 Å². The van der Waals surface area contributed by atoms with E-state index in [1.807, 2.05) is 17.8 Å². The largest absolute Gasteiger partial charge is 0.358 e. The van der Waals surface area contributed by atoms with Crippen LogP contribution in [-0.4, -0.2) is 9.97 Å². The second-order valence-corrected chi connectivity index (χ2v) is 7.26. The van der Waals surface area contributed by atoms with Gasteiger partial charge in [-0.05, 0) is 30.7 Å². The summed E-state index contributed by atoms with van der Waals surface area (Å²) in [5.74, 6) is 0.954. The third kappa shape index (κ3) is 2.34. The minimum absolute atomic E-state index is 0.954. The number of para-hydroxylation sites is 2. The van der Waals surface area contributed by atoms with Crippen LogP contribution in [0.1, 0.15) is 11.3 Å². The van der Waals surface area contributed by atoms with Gasteiger partial charge in [0.15, 0.2) is 4.34 Å². The van der Waals surface area contributed by atoms with Crippen molar-refractivity contribution < 1.29 is 0 Å². The smallest absolute Gasteiger partial charge is 0.151 e. The highest BCUT2D eigenvalue weighted by Crippen LogP contribution is 2.34. The van der Waals surface area contributed by atoms with E-state index in [1.165, 1.54) is 26.9 Å². The van der Waals surface area contributed by atoms with Gasteiger partial charge in [-0.25, -0.2) is 4.98 Å². The number of hydrogen-bond donors (Lipinski definition) is 1. The van der Waals surface area contributed by atoms with Crippen molar-refractivity contribution in [2.75, 3.05) is 0 Å². The van der Waals surface area contributed by atoms with E-state index in [0.29, 0.717) is 0 Å². The van der Waals surface area contributed by atoms with Crippen LogP contribution < -0.4 is 0 Å². The summed E-state index contributed by atoms with van der Waals surface area (Å²) in [6.45, 7) is 2.15. The maximum absolute atomic E-state index is 4.69. The third-order valence-corrected chi connectivity index (χ3v) is 5.85. The molecule has 0 saturated carbocycles. The molecule has 4 heteroatoms. The van der Waals surface area contributed by atoms with E-state index in [-0.39, 0.29) is 0 Å². The fourth-order valence-corrected chi connectivity index (χ4v) is 4.75. The predicted octanol–water partition coefficient (Wildman–Crippen LogP) is 5.38. The maximum atomic E-state index is 4.69. The van der Waals surface area contributed by atoms with Gasteiger partial charge in [0.25, 0.3) is 0 Å². The van der Waals surface area contributed by atoms with Crippen molar-refractivity contribution in [3.8, 4) is 0 Å². The topological polar surface area (TPSA) is 28.7 Å². The van der Waals surface area contributed by atoms with Crippen molar-refractivity contribution in [1.82, 2.24) is 9.97 Å².